The van der Waals surface area contributed by atoms with Crippen LogP contribution in [0.5, 0.6) is 0 Å². The van der Waals surface area contributed by atoms with Gasteiger partial charge in [-0.2, -0.15) is 0 Å². The largest absolute Gasteiger partial charge is 0.469 e. The second-order valence-corrected chi connectivity index (χ2v) is 8.36. The Hall–Kier alpha value is -4.41. The van der Waals surface area contributed by atoms with Crippen LogP contribution in [0.3, 0.4) is 0 Å². The van der Waals surface area contributed by atoms with Crippen molar-refractivity contribution in [2.45, 2.75) is 25.9 Å². The van der Waals surface area contributed by atoms with Crippen LogP contribution in [0.4, 0.5) is 0 Å². The highest BCUT2D eigenvalue weighted by Crippen LogP contribution is 2.35. The second kappa shape index (κ2) is 9.61. The minimum absolute atomic E-state index is 0.164. The number of esters is 1. The molecule has 0 fully saturated rings. The summed E-state index contributed by atoms with van der Waals surface area (Å²) in [7, 11) is 1.32. The number of rotatable bonds is 3. The number of hydrogen-bond acceptors (Lipinski definition) is 3. The molecular formula is C31H22O3. The van der Waals surface area contributed by atoms with Gasteiger partial charge in [-0.05, 0) is 63.2 Å². The molecule has 0 heterocycles. The van der Waals surface area contributed by atoms with Crippen molar-refractivity contribution in [3.63, 3.8) is 0 Å². The topological polar surface area (TPSA) is 46.5 Å². The lowest BCUT2D eigenvalue weighted by Crippen LogP contribution is -2.28. The zero-order chi connectivity index (χ0) is 24.1. The lowest BCUT2D eigenvalue weighted by atomic mass is 9.83. The van der Waals surface area contributed by atoms with Crippen molar-refractivity contribution >= 4 is 38.3 Å². The Bertz CT molecular complexity index is 1560. The van der Waals surface area contributed by atoms with Crippen LogP contribution in [0.1, 0.15) is 25.3 Å². The summed E-state index contributed by atoms with van der Waals surface area (Å²) >= 11 is 0. The molecule has 0 saturated heterocycles. The molecule has 34 heavy (non-hydrogen) atoms. The van der Waals surface area contributed by atoms with E-state index in [1.807, 2.05) is 0 Å². The third-order valence-electron chi connectivity index (χ3n) is 5.85. The van der Waals surface area contributed by atoms with Crippen LogP contribution < -0.4 is 0 Å². The molecule has 0 amide bonds. The first kappa shape index (κ1) is 22.8. The summed E-state index contributed by atoms with van der Waals surface area (Å²) in [5, 5.41) is 16.7. The predicted octanol–water partition coefficient (Wildman–Crippen LogP) is 4.90. The molecule has 0 spiro atoms. The summed E-state index contributed by atoms with van der Waals surface area (Å²) in [5.74, 6) is 18.8. The van der Waals surface area contributed by atoms with Crippen molar-refractivity contribution in [1.29, 1.82) is 0 Å². The number of aliphatic hydroxyl groups is 1. The Morgan fingerprint density at radius 1 is 0.971 bits per heavy atom. The van der Waals surface area contributed by atoms with Gasteiger partial charge in [0.15, 0.2) is 6.10 Å². The van der Waals surface area contributed by atoms with E-state index >= 15 is 0 Å². The van der Waals surface area contributed by atoms with Gasteiger partial charge < -0.3 is 9.84 Å². The Kier molecular flexibility index (Phi) is 6.44. The Morgan fingerprint density at radius 3 is 2.18 bits per heavy atom. The third kappa shape index (κ3) is 4.53. The van der Waals surface area contributed by atoms with Crippen molar-refractivity contribution in [3.05, 3.63) is 60.2 Å². The van der Waals surface area contributed by atoms with E-state index in [-0.39, 0.29) is 12.8 Å². The van der Waals surface area contributed by atoms with Crippen molar-refractivity contribution in [3.8, 4) is 47.9 Å². The Labute approximate surface area is 199 Å². The molecule has 164 valence electrons. The van der Waals surface area contributed by atoms with Gasteiger partial charge in [0.25, 0.3) is 0 Å². The minimum atomic E-state index is -1.16. The maximum Gasteiger partial charge on any atom is 0.313 e. The Morgan fingerprint density at radius 2 is 1.56 bits per heavy atom. The van der Waals surface area contributed by atoms with Crippen molar-refractivity contribution in [2.24, 2.45) is 5.41 Å². The lowest BCUT2D eigenvalue weighted by Gasteiger charge is -2.21. The molecule has 0 aliphatic heterocycles. The maximum absolute atomic E-state index is 12.3. The Balaban J connectivity index is 1.58. The fourth-order valence-corrected chi connectivity index (χ4v) is 4.05. The van der Waals surface area contributed by atoms with Crippen molar-refractivity contribution in [1.82, 2.24) is 0 Å². The number of terminal acetylenes is 1. The smallest absolute Gasteiger partial charge is 0.313 e. The molecule has 0 saturated carbocycles. The average Bonchev–Trinajstić information content (AvgIpc) is 2.86. The highest BCUT2D eigenvalue weighted by atomic mass is 16.5. The monoisotopic (exact) mass is 442 g/mol. The summed E-state index contributed by atoms with van der Waals surface area (Å²) < 4.78 is 4.91. The standard InChI is InChI=1S/C31H22O3/c1-4-27(32)13-9-19-31(2,30(33)34-3)18-7-5-6-10-22-20-25-16-14-23-11-8-12-24-15-17-26(21-22)29(25)28(23)24/h1,8,11-12,14-17,20-21,27,32H,18-19H2,2-3H3. The number of aliphatic hydroxyl groups excluding tert-OH is 1. The molecule has 2 unspecified atom stereocenters. The van der Waals surface area contributed by atoms with E-state index in [1.54, 1.807) is 6.92 Å². The second-order valence-electron chi connectivity index (χ2n) is 8.36. The third-order valence-corrected chi connectivity index (χ3v) is 5.85. The van der Waals surface area contributed by atoms with E-state index in [1.165, 1.54) is 28.7 Å². The first-order valence-corrected chi connectivity index (χ1v) is 10.8. The highest BCUT2D eigenvalue weighted by molar-refractivity contribution is 6.23. The van der Waals surface area contributed by atoms with E-state index in [9.17, 15) is 9.90 Å². The van der Waals surface area contributed by atoms with E-state index < -0.39 is 17.5 Å². The molecule has 4 aromatic rings. The first-order chi connectivity index (χ1) is 16.4. The average molecular weight is 443 g/mol. The van der Waals surface area contributed by atoms with Gasteiger partial charge in [0.05, 0.1) is 12.5 Å². The molecule has 3 heteroatoms. The van der Waals surface area contributed by atoms with Crippen LogP contribution in [0, 0.1) is 53.3 Å². The molecule has 1 N–H and O–H groups in total. The molecule has 4 rings (SSSR count). The van der Waals surface area contributed by atoms with Crippen molar-refractivity contribution in [2.75, 3.05) is 7.11 Å². The zero-order valence-electron chi connectivity index (χ0n) is 19.0. The van der Waals surface area contributed by atoms with E-state index in [2.05, 4.69) is 96.0 Å². The molecule has 0 aliphatic rings. The molecule has 0 aliphatic carbocycles. The highest BCUT2D eigenvalue weighted by Gasteiger charge is 2.32. The zero-order valence-corrected chi connectivity index (χ0v) is 19.0. The SMILES string of the molecule is C#CC(O)C#CCC(C)(CC#CC#Cc1cc2ccc3cccc4ccc(c1)c2c34)C(=O)OC. The molecular weight excluding hydrogens is 420 g/mol. The number of carbonyl (C=O) groups is 1. The van der Waals surface area contributed by atoms with Gasteiger partial charge in [0.1, 0.15) is 0 Å². The first-order valence-electron chi connectivity index (χ1n) is 10.8. The number of ether oxygens (including phenoxy) is 1. The molecule has 3 nitrogen and oxygen atoms in total. The molecule has 0 aromatic heterocycles. The number of methoxy groups -OCH3 is 1. The summed E-state index contributed by atoms with van der Waals surface area (Å²) in [6.45, 7) is 1.72. The van der Waals surface area contributed by atoms with Gasteiger partial charge in [0, 0.05) is 18.4 Å². The van der Waals surface area contributed by atoms with E-state index in [4.69, 9.17) is 11.2 Å². The van der Waals surface area contributed by atoms with Crippen LogP contribution in [0.2, 0.25) is 0 Å². The van der Waals surface area contributed by atoms with Gasteiger partial charge >= 0.3 is 5.97 Å². The van der Waals surface area contributed by atoms with Crippen molar-refractivity contribution < 1.29 is 14.6 Å². The number of carbonyl (C=O) groups excluding carboxylic acids is 1. The fraction of sp³-hybridized carbons (Fsp3) is 0.194. The van der Waals surface area contributed by atoms with E-state index in [0.29, 0.717) is 0 Å². The normalized spacial score (nSPS) is 12.9. The van der Waals surface area contributed by atoms with Gasteiger partial charge in [-0.15, -0.1) is 6.42 Å². The number of hydrogen-bond donors (Lipinski definition) is 1. The minimum Gasteiger partial charge on any atom is -0.469 e. The van der Waals surface area contributed by atoms with Gasteiger partial charge in [-0.3, -0.25) is 4.79 Å². The van der Waals surface area contributed by atoms with Gasteiger partial charge in [-0.1, -0.05) is 72.1 Å². The quantitative estimate of drug-likeness (QED) is 0.279. The van der Waals surface area contributed by atoms with Gasteiger partial charge in [0.2, 0.25) is 0 Å². The summed E-state index contributed by atoms with van der Waals surface area (Å²) in [6.07, 6.45) is 4.33. The predicted molar refractivity (Wildman–Crippen MR) is 137 cm³/mol. The fourth-order valence-electron chi connectivity index (χ4n) is 4.05. The molecule has 2 atom stereocenters. The molecule has 0 radical (unpaired) electrons. The lowest BCUT2D eigenvalue weighted by molar-refractivity contribution is -0.151. The molecule has 4 aromatic carbocycles. The number of benzene rings is 4. The summed E-state index contributed by atoms with van der Waals surface area (Å²) in [6, 6.07) is 19.0. The molecule has 0 bridgehead atoms. The van der Waals surface area contributed by atoms with Crippen LogP contribution in [0.25, 0.3) is 32.3 Å². The maximum atomic E-state index is 12.3. The summed E-state index contributed by atoms with van der Waals surface area (Å²) in [5.41, 5.74) is -0.0634. The van der Waals surface area contributed by atoms with Crippen LogP contribution in [0.15, 0.2) is 54.6 Å². The van der Waals surface area contributed by atoms with Crippen LogP contribution in [-0.4, -0.2) is 24.3 Å². The van der Waals surface area contributed by atoms with Crippen LogP contribution >= 0.6 is 0 Å². The van der Waals surface area contributed by atoms with Crippen LogP contribution in [-0.2, 0) is 9.53 Å². The van der Waals surface area contributed by atoms with Gasteiger partial charge in [-0.25, -0.2) is 0 Å². The van der Waals surface area contributed by atoms with E-state index in [0.717, 1.165) is 16.3 Å². The summed E-state index contributed by atoms with van der Waals surface area (Å²) in [4.78, 5) is 12.3.